The number of hydrogen-bond donors (Lipinski definition) is 2. The molecule has 0 aliphatic heterocycles. The number of carbonyl (C=O) groups is 2. The van der Waals surface area contributed by atoms with Gasteiger partial charge in [0.05, 0.1) is 5.60 Å². The average Bonchev–Trinajstić information content (AvgIpc) is 2.72. The van der Waals surface area contributed by atoms with Gasteiger partial charge in [-0.25, -0.2) is 0 Å². The van der Waals surface area contributed by atoms with Gasteiger partial charge in [-0.1, -0.05) is 13.8 Å². The van der Waals surface area contributed by atoms with Crippen LogP contribution >= 0.6 is 0 Å². The fourth-order valence-corrected chi connectivity index (χ4v) is 6.21. The summed E-state index contributed by atoms with van der Waals surface area (Å²) in [5.74, 6) is 0.654. The Morgan fingerprint density at radius 2 is 1.78 bits per heavy atom. The summed E-state index contributed by atoms with van der Waals surface area (Å²) in [6.45, 7) is 6.21. The zero-order valence-corrected chi connectivity index (χ0v) is 14.6. The molecule has 130 valence electrons. The van der Waals surface area contributed by atoms with Crippen molar-refractivity contribution in [1.29, 1.82) is 0 Å². The Hall–Kier alpha value is -0.900. The minimum atomic E-state index is -0.814. The average molecular weight is 322 g/mol. The molecule has 0 aromatic heterocycles. The van der Waals surface area contributed by atoms with E-state index >= 15 is 0 Å². The molecule has 0 unspecified atom stereocenters. The molecule has 2 N–H and O–H groups in total. The fraction of sp³-hybridized carbons (Fsp3) is 0.895. The number of aliphatic carboxylic acids is 1. The Balaban J connectivity index is 1.88. The summed E-state index contributed by atoms with van der Waals surface area (Å²) in [6, 6.07) is 0. The largest absolute Gasteiger partial charge is 0.481 e. The normalized spacial score (nSPS) is 49.6. The number of rotatable bonds is 3. The van der Waals surface area contributed by atoms with Gasteiger partial charge in [0.2, 0.25) is 0 Å². The molecule has 6 atom stereocenters. The summed E-state index contributed by atoms with van der Waals surface area (Å²) in [6.07, 6.45) is 5.80. The number of aliphatic hydroxyl groups is 1. The Kier molecular flexibility index (Phi) is 3.90. The minimum absolute atomic E-state index is 0.0533. The van der Waals surface area contributed by atoms with Gasteiger partial charge in [0, 0.05) is 18.3 Å². The fourth-order valence-electron chi connectivity index (χ4n) is 6.21. The molecular formula is C19H30O4. The number of carboxylic acids is 1. The molecule has 0 radical (unpaired) electrons. The van der Waals surface area contributed by atoms with E-state index in [9.17, 15) is 14.7 Å². The van der Waals surface area contributed by atoms with Gasteiger partial charge in [-0.15, -0.1) is 0 Å². The third-order valence-corrected chi connectivity index (χ3v) is 8.02. The Bertz CT molecular complexity index is 525. The number of ketones is 1. The quantitative estimate of drug-likeness (QED) is 0.835. The van der Waals surface area contributed by atoms with Crippen LogP contribution in [0.4, 0.5) is 0 Å². The van der Waals surface area contributed by atoms with E-state index in [0.717, 1.165) is 32.1 Å². The minimum Gasteiger partial charge on any atom is -0.481 e. The van der Waals surface area contributed by atoms with Gasteiger partial charge in [-0.05, 0) is 68.6 Å². The molecule has 0 aromatic rings. The lowest BCUT2D eigenvalue weighted by atomic mass is 9.48. The van der Waals surface area contributed by atoms with Crippen molar-refractivity contribution in [3.63, 3.8) is 0 Å². The molecule has 23 heavy (non-hydrogen) atoms. The zero-order valence-electron chi connectivity index (χ0n) is 14.6. The van der Waals surface area contributed by atoms with Crippen molar-refractivity contribution in [1.82, 2.24) is 0 Å². The second-order valence-electron chi connectivity index (χ2n) is 8.92. The molecule has 0 spiro atoms. The first-order chi connectivity index (χ1) is 10.6. The van der Waals surface area contributed by atoms with E-state index < -0.39 is 17.0 Å². The van der Waals surface area contributed by atoms with Crippen molar-refractivity contribution in [2.24, 2.45) is 28.6 Å². The van der Waals surface area contributed by atoms with Crippen molar-refractivity contribution in [3.8, 4) is 0 Å². The molecule has 3 fully saturated rings. The van der Waals surface area contributed by atoms with Crippen molar-refractivity contribution in [2.75, 3.05) is 0 Å². The SMILES string of the molecule is C[C@]12CC[C@@H]3[C@H](CCC(=O)[C@@]3(C)CCC(=O)O)[C@@H]1CC[C@@]2(C)O. The van der Waals surface area contributed by atoms with Crippen LogP contribution in [-0.2, 0) is 9.59 Å². The van der Waals surface area contributed by atoms with Crippen LogP contribution in [0.15, 0.2) is 0 Å². The van der Waals surface area contributed by atoms with Gasteiger partial charge in [0.25, 0.3) is 0 Å². The number of carboxylic acid groups (broad SMARTS) is 1. The zero-order chi connectivity index (χ0) is 17.0. The van der Waals surface area contributed by atoms with Gasteiger partial charge in [0.1, 0.15) is 5.78 Å². The lowest BCUT2D eigenvalue weighted by Crippen LogP contribution is -2.55. The van der Waals surface area contributed by atoms with Crippen LogP contribution in [-0.4, -0.2) is 27.6 Å². The van der Waals surface area contributed by atoms with Crippen LogP contribution in [0.1, 0.15) is 72.1 Å². The smallest absolute Gasteiger partial charge is 0.303 e. The summed E-state index contributed by atoms with van der Waals surface area (Å²) >= 11 is 0. The van der Waals surface area contributed by atoms with Gasteiger partial charge in [-0.3, -0.25) is 9.59 Å². The molecule has 0 heterocycles. The van der Waals surface area contributed by atoms with Gasteiger partial charge < -0.3 is 10.2 Å². The first-order valence-corrected chi connectivity index (χ1v) is 9.09. The topological polar surface area (TPSA) is 74.6 Å². The summed E-state index contributed by atoms with van der Waals surface area (Å²) in [7, 11) is 0. The van der Waals surface area contributed by atoms with Crippen LogP contribution in [0, 0.1) is 28.6 Å². The van der Waals surface area contributed by atoms with Gasteiger partial charge in [0.15, 0.2) is 0 Å². The maximum Gasteiger partial charge on any atom is 0.303 e. The van der Waals surface area contributed by atoms with Crippen molar-refractivity contribution < 1.29 is 19.8 Å². The van der Waals surface area contributed by atoms with Crippen molar-refractivity contribution >= 4 is 11.8 Å². The molecule has 0 bridgehead atoms. The number of fused-ring (bicyclic) bond motifs is 3. The standard InChI is InChI=1S/C19H30O4/c1-17(9-8-16(21)22)13-6-10-18(2)14(7-11-19(18,3)23)12(13)4-5-15(17)20/h12-14,23H,4-11H2,1-3H3,(H,21,22)/t12-,13+,14-,17-,18-,19+/m0/s1. The van der Waals surface area contributed by atoms with Crippen molar-refractivity contribution in [3.05, 3.63) is 0 Å². The van der Waals surface area contributed by atoms with Crippen molar-refractivity contribution in [2.45, 2.75) is 77.7 Å². The molecule has 0 saturated heterocycles. The maximum atomic E-state index is 12.6. The molecule has 0 aromatic carbocycles. The van der Waals surface area contributed by atoms with Crippen LogP contribution in [0.3, 0.4) is 0 Å². The molecule has 3 rings (SSSR count). The second kappa shape index (κ2) is 5.30. The number of carbonyl (C=O) groups excluding carboxylic acids is 1. The molecule has 3 aliphatic rings. The lowest BCUT2D eigenvalue weighted by molar-refractivity contribution is -0.154. The molecule has 3 aliphatic carbocycles. The first-order valence-electron chi connectivity index (χ1n) is 9.09. The van der Waals surface area contributed by atoms with E-state index in [0.29, 0.717) is 24.7 Å². The highest BCUT2D eigenvalue weighted by molar-refractivity contribution is 5.86. The Morgan fingerprint density at radius 1 is 1.13 bits per heavy atom. The van der Waals surface area contributed by atoms with E-state index in [2.05, 4.69) is 6.92 Å². The Morgan fingerprint density at radius 3 is 2.43 bits per heavy atom. The Labute approximate surface area is 138 Å². The van der Waals surface area contributed by atoms with Crippen LogP contribution < -0.4 is 0 Å². The molecule has 0 amide bonds. The summed E-state index contributed by atoms with van der Waals surface area (Å²) in [5.41, 5.74) is -1.15. The molecule has 4 heteroatoms. The number of Topliss-reactive ketones (excluding diaryl/α,β-unsaturated/α-hetero) is 1. The summed E-state index contributed by atoms with van der Waals surface area (Å²) < 4.78 is 0. The van der Waals surface area contributed by atoms with E-state index in [4.69, 9.17) is 5.11 Å². The monoisotopic (exact) mass is 322 g/mol. The molecular weight excluding hydrogens is 292 g/mol. The number of hydrogen-bond acceptors (Lipinski definition) is 3. The first kappa shape index (κ1) is 16.9. The van der Waals surface area contributed by atoms with E-state index in [1.54, 1.807) is 0 Å². The van der Waals surface area contributed by atoms with Crippen LogP contribution in [0.25, 0.3) is 0 Å². The predicted molar refractivity (Wildman–Crippen MR) is 86.9 cm³/mol. The summed E-state index contributed by atoms with van der Waals surface area (Å²) in [4.78, 5) is 23.7. The highest BCUT2D eigenvalue weighted by Crippen LogP contribution is 2.65. The molecule has 3 saturated carbocycles. The van der Waals surface area contributed by atoms with Crippen LogP contribution in [0.2, 0.25) is 0 Å². The van der Waals surface area contributed by atoms with Gasteiger partial charge in [-0.2, -0.15) is 0 Å². The third kappa shape index (κ3) is 2.36. The maximum absolute atomic E-state index is 12.6. The highest BCUT2D eigenvalue weighted by atomic mass is 16.4. The van der Waals surface area contributed by atoms with E-state index in [1.807, 2.05) is 13.8 Å². The highest BCUT2D eigenvalue weighted by Gasteiger charge is 2.62. The van der Waals surface area contributed by atoms with Crippen LogP contribution in [0.5, 0.6) is 0 Å². The lowest BCUT2D eigenvalue weighted by Gasteiger charge is -2.56. The molecule has 4 nitrogen and oxygen atoms in total. The third-order valence-electron chi connectivity index (χ3n) is 8.02. The summed E-state index contributed by atoms with van der Waals surface area (Å²) in [5, 5.41) is 19.9. The van der Waals surface area contributed by atoms with E-state index in [-0.39, 0.29) is 23.5 Å². The van der Waals surface area contributed by atoms with E-state index in [1.165, 1.54) is 0 Å². The second-order valence-corrected chi connectivity index (χ2v) is 8.92. The predicted octanol–water partition coefficient (Wildman–Crippen LogP) is 3.41. The van der Waals surface area contributed by atoms with Gasteiger partial charge >= 0.3 is 5.97 Å².